The van der Waals surface area contributed by atoms with Crippen LogP contribution in [-0.4, -0.2) is 26.7 Å². The summed E-state index contributed by atoms with van der Waals surface area (Å²) in [7, 11) is 0. The van der Waals surface area contributed by atoms with Gasteiger partial charge in [0.05, 0.1) is 11.7 Å². The maximum Gasteiger partial charge on any atom is 0.303 e. The van der Waals surface area contributed by atoms with Gasteiger partial charge >= 0.3 is 5.97 Å². The molecular formula is C15H19N3O2. The fraction of sp³-hybridized carbons (Fsp3) is 0.467. The molecule has 5 nitrogen and oxygen atoms in total. The van der Waals surface area contributed by atoms with Crippen LogP contribution in [0.3, 0.4) is 0 Å². The van der Waals surface area contributed by atoms with Crippen molar-refractivity contribution < 1.29 is 9.90 Å². The summed E-state index contributed by atoms with van der Waals surface area (Å²) >= 11 is 0. The van der Waals surface area contributed by atoms with Crippen LogP contribution in [0.2, 0.25) is 0 Å². The molecule has 0 spiro atoms. The van der Waals surface area contributed by atoms with Gasteiger partial charge in [0.1, 0.15) is 0 Å². The first-order chi connectivity index (χ1) is 9.72. The second kappa shape index (κ2) is 5.63. The Labute approximate surface area is 117 Å². The predicted molar refractivity (Wildman–Crippen MR) is 75.4 cm³/mol. The Morgan fingerprint density at radius 2 is 2.30 bits per heavy atom. The lowest BCUT2D eigenvalue weighted by atomic mass is 9.77. The molecule has 0 radical (unpaired) electrons. The summed E-state index contributed by atoms with van der Waals surface area (Å²) in [6.45, 7) is 0.823. The van der Waals surface area contributed by atoms with Crippen molar-refractivity contribution in [3.05, 3.63) is 36.2 Å². The van der Waals surface area contributed by atoms with Gasteiger partial charge < -0.3 is 10.4 Å². The summed E-state index contributed by atoms with van der Waals surface area (Å²) in [5, 5.41) is 16.5. The number of fused-ring (bicyclic) bond motifs is 1. The average molecular weight is 273 g/mol. The molecule has 3 rings (SSSR count). The molecule has 0 saturated heterocycles. The standard InChI is InChI=1S/C15H19N3O2/c19-15(20)5-4-11-7-13(8-11)16-9-12-10-17-18-6-2-1-3-14(12)18/h1-3,6,10-11,13,16H,4-5,7-9H2,(H,19,20). The SMILES string of the molecule is O=C(O)CCC1CC(NCc2cnn3ccccc23)C1. The molecule has 0 amide bonds. The number of carbonyl (C=O) groups is 1. The van der Waals surface area contributed by atoms with E-state index in [4.69, 9.17) is 5.11 Å². The van der Waals surface area contributed by atoms with E-state index in [9.17, 15) is 4.79 Å². The van der Waals surface area contributed by atoms with Gasteiger partial charge in [0.25, 0.3) is 0 Å². The van der Waals surface area contributed by atoms with Crippen LogP contribution < -0.4 is 5.32 Å². The molecule has 2 heterocycles. The molecule has 20 heavy (non-hydrogen) atoms. The fourth-order valence-electron chi connectivity index (χ4n) is 2.84. The molecule has 1 fully saturated rings. The Balaban J connectivity index is 1.46. The van der Waals surface area contributed by atoms with E-state index in [2.05, 4.69) is 16.5 Å². The molecule has 0 aliphatic heterocycles. The predicted octanol–water partition coefficient (Wildman–Crippen LogP) is 2.07. The van der Waals surface area contributed by atoms with Gasteiger partial charge in [-0.2, -0.15) is 5.10 Å². The zero-order chi connectivity index (χ0) is 13.9. The second-order valence-electron chi connectivity index (χ2n) is 5.55. The lowest BCUT2D eigenvalue weighted by Crippen LogP contribution is -2.40. The molecule has 0 aromatic carbocycles. The highest BCUT2D eigenvalue weighted by Gasteiger charge is 2.28. The maximum absolute atomic E-state index is 10.5. The van der Waals surface area contributed by atoms with Crippen LogP contribution in [0.5, 0.6) is 0 Å². The summed E-state index contributed by atoms with van der Waals surface area (Å²) in [6, 6.07) is 6.58. The Morgan fingerprint density at radius 3 is 3.10 bits per heavy atom. The van der Waals surface area contributed by atoms with Gasteiger partial charge in [0.2, 0.25) is 0 Å². The third-order valence-corrected chi connectivity index (χ3v) is 4.09. The molecule has 1 aliphatic rings. The van der Waals surface area contributed by atoms with Crippen LogP contribution in [0, 0.1) is 5.92 Å². The quantitative estimate of drug-likeness (QED) is 0.845. The molecule has 1 saturated carbocycles. The van der Waals surface area contributed by atoms with Crippen molar-refractivity contribution in [1.29, 1.82) is 0 Å². The molecule has 2 aromatic heterocycles. The highest BCUT2D eigenvalue weighted by atomic mass is 16.4. The lowest BCUT2D eigenvalue weighted by molar-refractivity contribution is -0.137. The lowest BCUT2D eigenvalue weighted by Gasteiger charge is -2.35. The highest BCUT2D eigenvalue weighted by molar-refractivity contribution is 5.66. The summed E-state index contributed by atoms with van der Waals surface area (Å²) < 4.78 is 1.88. The molecular weight excluding hydrogens is 254 g/mol. The van der Waals surface area contributed by atoms with Crippen LogP contribution >= 0.6 is 0 Å². The van der Waals surface area contributed by atoms with Crippen molar-refractivity contribution in [2.24, 2.45) is 5.92 Å². The first-order valence-electron chi connectivity index (χ1n) is 7.09. The van der Waals surface area contributed by atoms with Crippen molar-refractivity contribution >= 4 is 11.5 Å². The van der Waals surface area contributed by atoms with E-state index in [0.29, 0.717) is 18.4 Å². The number of aliphatic carboxylic acids is 1. The smallest absolute Gasteiger partial charge is 0.303 e. The fourth-order valence-corrected chi connectivity index (χ4v) is 2.84. The van der Waals surface area contributed by atoms with Gasteiger partial charge in [0.15, 0.2) is 0 Å². The van der Waals surface area contributed by atoms with Gasteiger partial charge in [-0.05, 0) is 37.3 Å². The number of carboxylic acid groups (broad SMARTS) is 1. The molecule has 0 unspecified atom stereocenters. The first-order valence-corrected chi connectivity index (χ1v) is 7.09. The summed E-state index contributed by atoms with van der Waals surface area (Å²) in [5.41, 5.74) is 2.35. The molecule has 5 heteroatoms. The van der Waals surface area contributed by atoms with Crippen LogP contribution in [0.25, 0.3) is 5.52 Å². The van der Waals surface area contributed by atoms with Gasteiger partial charge in [-0.15, -0.1) is 0 Å². The van der Waals surface area contributed by atoms with E-state index in [1.165, 1.54) is 5.56 Å². The molecule has 2 aromatic rings. The maximum atomic E-state index is 10.5. The third kappa shape index (κ3) is 2.82. The van der Waals surface area contributed by atoms with E-state index in [1.807, 2.05) is 29.0 Å². The average Bonchev–Trinajstić information content (AvgIpc) is 2.79. The van der Waals surface area contributed by atoms with E-state index >= 15 is 0 Å². The molecule has 0 bridgehead atoms. The van der Waals surface area contributed by atoms with Crippen molar-refractivity contribution in [3.63, 3.8) is 0 Å². The minimum absolute atomic E-state index is 0.297. The van der Waals surface area contributed by atoms with Crippen LogP contribution in [0.15, 0.2) is 30.6 Å². The Morgan fingerprint density at radius 1 is 1.45 bits per heavy atom. The molecule has 2 N–H and O–H groups in total. The highest BCUT2D eigenvalue weighted by Crippen LogP contribution is 2.31. The van der Waals surface area contributed by atoms with Gasteiger partial charge in [-0.25, -0.2) is 4.52 Å². The first kappa shape index (κ1) is 13.1. The monoisotopic (exact) mass is 273 g/mol. The molecule has 0 atom stereocenters. The van der Waals surface area contributed by atoms with Crippen LogP contribution in [-0.2, 0) is 11.3 Å². The zero-order valence-electron chi connectivity index (χ0n) is 11.3. The van der Waals surface area contributed by atoms with Gasteiger partial charge in [-0.3, -0.25) is 4.79 Å². The van der Waals surface area contributed by atoms with Crippen molar-refractivity contribution in [1.82, 2.24) is 14.9 Å². The number of rotatable bonds is 6. The summed E-state index contributed by atoms with van der Waals surface area (Å²) in [4.78, 5) is 10.5. The number of carboxylic acids is 1. The molecule has 1 aliphatic carbocycles. The minimum atomic E-state index is -0.687. The Bertz CT molecular complexity index is 602. The number of aromatic nitrogens is 2. The van der Waals surface area contributed by atoms with Crippen molar-refractivity contribution in [2.75, 3.05) is 0 Å². The second-order valence-corrected chi connectivity index (χ2v) is 5.55. The summed E-state index contributed by atoms with van der Waals surface area (Å²) in [5.74, 6) is -0.111. The number of nitrogens with one attached hydrogen (secondary N) is 1. The summed E-state index contributed by atoms with van der Waals surface area (Å²) in [6.07, 6.45) is 7.14. The normalized spacial score (nSPS) is 21.8. The van der Waals surface area contributed by atoms with E-state index < -0.39 is 5.97 Å². The van der Waals surface area contributed by atoms with Gasteiger partial charge in [0, 0.05) is 30.8 Å². The number of hydrogen-bond donors (Lipinski definition) is 2. The van der Waals surface area contributed by atoms with Gasteiger partial charge in [-0.1, -0.05) is 6.07 Å². The van der Waals surface area contributed by atoms with Crippen molar-refractivity contribution in [2.45, 2.75) is 38.3 Å². The number of hydrogen-bond acceptors (Lipinski definition) is 3. The topological polar surface area (TPSA) is 66.6 Å². The van der Waals surface area contributed by atoms with E-state index in [0.717, 1.165) is 31.3 Å². The Kier molecular flexibility index (Phi) is 3.69. The number of pyridine rings is 1. The number of nitrogens with zero attached hydrogens (tertiary/aromatic N) is 2. The van der Waals surface area contributed by atoms with Crippen molar-refractivity contribution in [3.8, 4) is 0 Å². The molecule has 106 valence electrons. The van der Waals surface area contributed by atoms with E-state index in [-0.39, 0.29) is 0 Å². The van der Waals surface area contributed by atoms with Crippen LogP contribution in [0.4, 0.5) is 0 Å². The largest absolute Gasteiger partial charge is 0.481 e. The van der Waals surface area contributed by atoms with Crippen LogP contribution in [0.1, 0.15) is 31.2 Å². The zero-order valence-corrected chi connectivity index (χ0v) is 11.3. The third-order valence-electron chi connectivity index (χ3n) is 4.09. The van der Waals surface area contributed by atoms with E-state index in [1.54, 1.807) is 0 Å². The Hall–Kier alpha value is -1.88. The minimum Gasteiger partial charge on any atom is -0.481 e.